The molecule has 1 heterocycles. The van der Waals surface area contributed by atoms with Gasteiger partial charge in [0.2, 0.25) is 5.82 Å². The Bertz CT molecular complexity index is 1140. The Morgan fingerprint density at radius 3 is 2.38 bits per heavy atom. The molecule has 0 atom stereocenters. The lowest BCUT2D eigenvalue weighted by Crippen LogP contribution is -2.29. The fourth-order valence-corrected chi connectivity index (χ4v) is 2.95. The van der Waals surface area contributed by atoms with Crippen LogP contribution < -0.4 is 14.8 Å². The van der Waals surface area contributed by atoms with E-state index < -0.39 is 23.4 Å². The molecule has 0 saturated heterocycles. The Morgan fingerprint density at radius 2 is 1.75 bits per heavy atom. The first-order chi connectivity index (χ1) is 15.5. The molecule has 0 radical (unpaired) electrons. The first-order valence-electron chi connectivity index (χ1n) is 9.10. The molecule has 0 aliphatic rings. The Morgan fingerprint density at radius 1 is 1.06 bits per heavy atom. The minimum atomic E-state index is -1.01. The van der Waals surface area contributed by atoms with Gasteiger partial charge in [-0.3, -0.25) is 4.79 Å². The molecule has 0 fully saturated rings. The molecule has 0 aliphatic carbocycles. The standard InChI is InChI=1S/C21H18F2N4O4S/c1-24-19(28)18(27-29-2)15-9-4-12(22)10-16(15)31-21-17(23)20(25-11-26-21)30-13-5-7-14(32-3)8-6-13/h4-11H,1-3H3,(H,24,28)/b27-18+. The summed E-state index contributed by atoms with van der Waals surface area (Å²) in [7, 11) is 2.63. The van der Waals surface area contributed by atoms with Gasteiger partial charge in [-0.15, -0.1) is 11.8 Å². The molecule has 3 aromatic rings. The number of aromatic nitrogens is 2. The number of hydrogen-bond acceptors (Lipinski definition) is 8. The van der Waals surface area contributed by atoms with Gasteiger partial charge in [0, 0.05) is 18.0 Å². The highest BCUT2D eigenvalue weighted by molar-refractivity contribution is 7.98. The van der Waals surface area contributed by atoms with E-state index in [1.807, 2.05) is 18.4 Å². The molecular weight excluding hydrogens is 442 g/mol. The highest BCUT2D eigenvalue weighted by Gasteiger charge is 2.22. The van der Waals surface area contributed by atoms with Crippen LogP contribution in [0, 0.1) is 11.6 Å². The largest absolute Gasteiger partial charge is 0.436 e. The highest BCUT2D eigenvalue weighted by Crippen LogP contribution is 2.32. The van der Waals surface area contributed by atoms with Gasteiger partial charge in [0.15, 0.2) is 5.71 Å². The van der Waals surface area contributed by atoms with Crippen LogP contribution in [-0.4, -0.2) is 42.0 Å². The first-order valence-corrected chi connectivity index (χ1v) is 10.3. The van der Waals surface area contributed by atoms with Gasteiger partial charge in [-0.2, -0.15) is 14.4 Å². The van der Waals surface area contributed by atoms with Gasteiger partial charge in [0.1, 0.15) is 30.8 Å². The van der Waals surface area contributed by atoms with Gasteiger partial charge in [-0.25, -0.2) is 4.39 Å². The predicted octanol–water partition coefficient (Wildman–Crippen LogP) is 4.16. The Hall–Kier alpha value is -3.73. The topological polar surface area (TPSA) is 94.9 Å². The lowest BCUT2D eigenvalue weighted by molar-refractivity contribution is -0.114. The van der Waals surface area contributed by atoms with Gasteiger partial charge in [0.05, 0.1) is 5.56 Å². The number of amides is 1. The highest BCUT2D eigenvalue weighted by atomic mass is 32.2. The molecule has 11 heteroatoms. The second-order valence-electron chi connectivity index (χ2n) is 6.02. The normalized spacial score (nSPS) is 11.1. The van der Waals surface area contributed by atoms with Crippen molar-refractivity contribution in [3.8, 4) is 23.3 Å². The number of nitrogens with zero attached hydrogens (tertiary/aromatic N) is 3. The summed E-state index contributed by atoms with van der Waals surface area (Å²) in [5.74, 6) is -3.09. The van der Waals surface area contributed by atoms with E-state index in [-0.39, 0.29) is 22.9 Å². The van der Waals surface area contributed by atoms with E-state index in [9.17, 15) is 13.6 Å². The van der Waals surface area contributed by atoms with Crippen molar-refractivity contribution < 1.29 is 27.9 Å². The maximum absolute atomic E-state index is 15.0. The number of thioether (sulfide) groups is 1. The molecule has 1 N–H and O–H groups in total. The first kappa shape index (κ1) is 22.9. The van der Waals surface area contributed by atoms with Crippen LogP contribution in [0.25, 0.3) is 0 Å². The molecule has 3 rings (SSSR count). The third-order valence-electron chi connectivity index (χ3n) is 4.03. The van der Waals surface area contributed by atoms with E-state index in [1.165, 1.54) is 20.2 Å². The minimum absolute atomic E-state index is 0.0562. The third-order valence-corrected chi connectivity index (χ3v) is 4.77. The average molecular weight is 460 g/mol. The van der Waals surface area contributed by atoms with Gasteiger partial charge < -0.3 is 19.6 Å². The number of oxime groups is 1. The number of benzene rings is 2. The van der Waals surface area contributed by atoms with E-state index in [2.05, 4.69) is 20.4 Å². The summed E-state index contributed by atoms with van der Waals surface area (Å²) in [4.78, 5) is 25.4. The second-order valence-corrected chi connectivity index (χ2v) is 6.90. The molecule has 0 saturated carbocycles. The van der Waals surface area contributed by atoms with Crippen LogP contribution in [0.5, 0.6) is 23.3 Å². The summed E-state index contributed by atoms with van der Waals surface area (Å²) in [6.07, 6.45) is 2.96. The summed E-state index contributed by atoms with van der Waals surface area (Å²) in [6.45, 7) is 0. The van der Waals surface area contributed by atoms with Crippen LogP contribution in [0.3, 0.4) is 0 Å². The van der Waals surface area contributed by atoms with E-state index in [0.717, 1.165) is 23.4 Å². The summed E-state index contributed by atoms with van der Waals surface area (Å²) in [6, 6.07) is 10.3. The van der Waals surface area contributed by atoms with Crippen molar-refractivity contribution in [3.05, 3.63) is 66.0 Å². The van der Waals surface area contributed by atoms with Crippen molar-refractivity contribution in [3.63, 3.8) is 0 Å². The molecule has 0 spiro atoms. The number of likely N-dealkylation sites (N-methyl/N-ethyl adjacent to an activating group) is 1. The molecule has 1 aromatic heterocycles. The third kappa shape index (κ3) is 5.30. The molecule has 8 nitrogen and oxygen atoms in total. The SMILES string of the molecule is CNC(=O)/C(=N/OC)c1ccc(F)cc1Oc1ncnc(Oc2ccc(SC)cc2)c1F. The Labute approximate surface area is 186 Å². The van der Waals surface area contributed by atoms with Crippen molar-refractivity contribution >= 4 is 23.4 Å². The fraction of sp³-hybridized carbons (Fsp3) is 0.143. The number of hydrogen-bond donors (Lipinski definition) is 1. The lowest BCUT2D eigenvalue weighted by Gasteiger charge is -2.13. The van der Waals surface area contributed by atoms with Gasteiger partial charge >= 0.3 is 0 Å². The fourth-order valence-electron chi connectivity index (χ4n) is 2.54. The molecule has 166 valence electrons. The summed E-state index contributed by atoms with van der Waals surface area (Å²) < 4.78 is 39.9. The molecule has 32 heavy (non-hydrogen) atoms. The monoisotopic (exact) mass is 460 g/mol. The van der Waals surface area contributed by atoms with Crippen LogP contribution in [0.2, 0.25) is 0 Å². The second kappa shape index (κ2) is 10.5. The van der Waals surface area contributed by atoms with Crippen molar-refractivity contribution in [2.45, 2.75) is 4.90 Å². The number of halogens is 2. The minimum Gasteiger partial charge on any atom is -0.436 e. The van der Waals surface area contributed by atoms with Gasteiger partial charge in [-0.05, 0) is 42.7 Å². The number of nitrogens with one attached hydrogen (secondary N) is 1. The molecule has 0 bridgehead atoms. The van der Waals surface area contributed by atoms with Crippen molar-refractivity contribution in [1.82, 2.24) is 15.3 Å². The number of ether oxygens (including phenoxy) is 2. The van der Waals surface area contributed by atoms with E-state index in [4.69, 9.17) is 14.3 Å². The molecular formula is C21H18F2N4O4S. The Balaban J connectivity index is 1.95. The van der Waals surface area contributed by atoms with Crippen molar-refractivity contribution in [2.24, 2.45) is 5.16 Å². The van der Waals surface area contributed by atoms with Crippen LogP contribution in [0.15, 0.2) is 58.8 Å². The van der Waals surface area contributed by atoms with Gasteiger partial charge in [0.25, 0.3) is 17.7 Å². The van der Waals surface area contributed by atoms with Crippen LogP contribution in [0.1, 0.15) is 5.56 Å². The molecule has 0 unspecified atom stereocenters. The maximum atomic E-state index is 15.0. The summed E-state index contributed by atoms with van der Waals surface area (Å²) >= 11 is 1.55. The van der Waals surface area contributed by atoms with E-state index in [0.29, 0.717) is 5.75 Å². The zero-order valence-corrected chi connectivity index (χ0v) is 18.1. The summed E-state index contributed by atoms with van der Waals surface area (Å²) in [5, 5.41) is 6.05. The molecule has 1 amide bonds. The smallest absolute Gasteiger partial charge is 0.273 e. The van der Waals surface area contributed by atoms with E-state index >= 15 is 0 Å². The maximum Gasteiger partial charge on any atom is 0.273 e. The molecule has 0 aliphatic heterocycles. The van der Waals surface area contributed by atoms with E-state index in [1.54, 1.807) is 23.9 Å². The number of carbonyl (C=O) groups is 1. The predicted molar refractivity (Wildman–Crippen MR) is 114 cm³/mol. The van der Waals surface area contributed by atoms with Gasteiger partial charge in [-0.1, -0.05) is 5.16 Å². The van der Waals surface area contributed by atoms with Crippen molar-refractivity contribution in [2.75, 3.05) is 20.4 Å². The number of rotatable bonds is 8. The van der Waals surface area contributed by atoms with Crippen LogP contribution in [0.4, 0.5) is 8.78 Å². The zero-order valence-electron chi connectivity index (χ0n) is 17.3. The Kier molecular flexibility index (Phi) is 7.55. The average Bonchev–Trinajstić information content (AvgIpc) is 2.80. The van der Waals surface area contributed by atoms with Crippen LogP contribution >= 0.6 is 11.8 Å². The van der Waals surface area contributed by atoms with Crippen LogP contribution in [-0.2, 0) is 9.63 Å². The molecule has 2 aromatic carbocycles. The number of carbonyl (C=O) groups excluding carboxylic acids is 1. The zero-order chi connectivity index (χ0) is 23.1. The van der Waals surface area contributed by atoms with Crippen molar-refractivity contribution in [1.29, 1.82) is 0 Å². The lowest BCUT2D eigenvalue weighted by atomic mass is 10.1. The quantitative estimate of drug-likeness (QED) is 0.306. The summed E-state index contributed by atoms with van der Waals surface area (Å²) in [5.41, 5.74) is -0.148.